The minimum atomic E-state index is -1.16. The number of aliphatic carboxylic acids is 1. The first-order chi connectivity index (χ1) is 20.6. The monoisotopic (exact) mass is 602 g/mol. The summed E-state index contributed by atoms with van der Waals surface area (Å²) < 4.78 is 27.2. The fraction of sp³-hybridized carbons (Fsp3) is 0.514. The lowest BCUT2D eigenvalue weighted by Crippen LogP contribution is -2.39. The number of carbonyl (C=O) groups is 1. The molecule has 2 aromatic carbocycles. The maximum Gasteiger partial charge on any atom is 0.337 e. The van der Waals surface area contributed by atoms with E-state index in [4.69, 9.17) is 14.5 Å². The number of nitrogens with zero attached hydrogens (tertiary/aromatic N) is 2. The number of halogens is 1. The predicted octanol–water partition coefficient (Wildman–Crippen LogP) is 8.32. The minimum absolute atomic E-state index is 0.0990. The molecule has 3 heterocycles. The summed E-state index contributed by atoms with van der Waals surface area (Å²) in [7, 11) is 0. The molecule has 3 aromatic rings. The third-order valence-electron chi connectivity index (χ3n) is 9.00. The molecule has 44 heavy (non-hydrogen) atoms. The van der Waals surface area contributed by atoms with Crippen molar-refractivity contribution in [3.63, 3.8) is 0 Å². The van der Waals surface area contributed by atoms with E-state index in [2.05, 4.69) is 30.9 Å². The van der Waals surface area contributed by atoms with Crippen LogP contribution in [0.25, 0.3) is 11.1 Å². The first kappa shape index (κ1) is 32.0. The van der Waals surface area contributed by atoms with Gasteiger partial charge in [0.25, 0.3) is 0 Å². The highest BCUT2D eigenvalue weighted by molar-refractivity contribution is 5.88. The number of carboxylic acids is 1. The Balaban J connectivity index is 1.56. The maximum absolute atomic E-state index is 14.6. The number of rotatable bonds is 7. The zero-order valence-electron chi connectivity index (χ0n) is 27.5. The Labute approximate surface area is 261 Å². The molecule has 0 spiro atoms. The van der Waals surface area contributed by atoms with Crippen molar-refractivity contribution in [2.24, 2.45) is 5.41 Å². The Kier molecular flexibility index (Phi) is 8.83. The highest BCUT2D eigenvalue weighted by atomic mass is 19.1. The smallest absolute Gasteiger partial charge is 0.337 e. The molecule has 5 rings (SSSR count). The van der Waals surface area contributed by atoms with Gasteiger partial charge in [-0.1, -0.05) is 32.0 Å². The van der Waals surface area contributed by atoms with Gasteiger partial charge in [-0.3, -0.25) is 4.98 Å². The van der Waals surface area contributed by atoms with Crippen molar-refractivity contribution >= 4 is 11.7 Å². The van der Waals surface area contributed by atoms with Crippen LogP contribution in [-0.4, -0.2) is 40.9 Å². The normalized spacial score (nSPS) is 18.8. The summed E-state index contributed by atoms with van der Waals surface area (Å²) >= 11 is 0. The van der Waals surface area contributed by atoms with E-state index in [1.165, 1.54) is 0 Å². The lowest BCUT2D eigenvalue weighted by molar-refractivity contribution is -0.160. The molecule has 1 saturated heterocycles. The average molecular weight is 603 g/mol. The van der Waals surface area contributed by atoms with Gasteiger partial charge in [0.15, 0.2) is 6.10 Å². The van der Waals surface area contributed by atoms with E-state index in [9.17, 15) is 14.3 Å². The molecule has 0 amide bonds. The Morgan fingerprint density at radius 2 is 1.82 bits per heavy atom. The zero-order chi connectivity index (χ0) is 32.0. The highest BCUT2D eigenvalue weighted by Gasteiger charge is 2.36. The van der Waals surface area contributed by atoms with Gasteiger partial charge in [0.2, 0.25) is 0 Å². The van der Waals surface area contributed by atoms with E-state index in [1.54, 1.807) is 6.07 Å². The third kappa shape index (κ3) is 6.93. The molecule has 1 fully saturated rings. The molecule has 2 atom stereocenters. The second-order valence-corrected chi connectivity index (χ2v) is 14.4. The van der Waals surface area contributed by atoms with Crippen LogP contribution in [0.2, 0.25) is 0 Å². The Hall–Kier alpha value is -3.45. The number of piperidine rings is 1. The van der Waals surface area contributed by atoms with Crippen LogP contribution < -0.4 is 9.64 Å². The Morgan fingerprint density at radius 1 is 1.11 bits per heavy atom. The summed E-state index contributed by atoms with van der Waals surface area (Å²) in [5, 5.41) is 10.5. The van der Waals surface area contributed by atoms with Gasteiger partial charge in [-0.15, -0.1) is 0 Å². The van der Waals surface area contributed by atoms with Crippen LogP contribution in [0, 0.1) is 32.0 Å². The topological polar surface area (TPSA) is 71.9 Å². The third-order valence-corrected chi connectivity index (χ3v) is 9.00. The summed E-state index contributed by atoms with van der Waals surface area (Å²) in [5.41, 5.74) is 7.24. The van der Waals surface area contributed by atoms with Gasteiger partial charge in [0.05, 0.1) is 11.3 Å². The van der Waals surface area contributed by atoms with Gasteiger partial charge in [-0.25, -0.2) is 9.18 Å². The van der Waals surface area contributed by atoms with Crippen molar-refractivity contribution < 1.29 is 23.8 Å². The number of anilines is 1. The second kappa shape index (κ2) is 12.2. The number of benzene rings is 2. The quantitative estimate of drug-likeness (QED) is 0.293. The molecular weight excluding hydrogens is 555 g/mol. The van der Waals surface area contributed by atoms with Gasteiger partial charge >= 0.3 is 5.97 Å². The van der Waals surface area contributed by atoms with Crippen molar-refractivity contribution in [1.29, 1.82) is 0 Å². The molecule has 2 aliphatic heterocycles. The summed E-state index contributed by atoms with van der Waals surface area (Å²) in [5.74, 6) is -0.388. The summed E-state index contributed by atoms with van der Waals surface area (Å²) in [6, 6.07) is 11.6. The van der Waals surface area contributed by atoms with Gasteiger partial charge in [-0.05, 0) is 113 Å². The van der Waals surface area contributed by atoms with Gasteiger partial charge in [0.1, 0.15) is 17.7 Å². The Morgan fingerprint density at radius 3 is 2.45 bits per heavy atom. The summed E-state index contributed by atoms with van der Waals surface area (Å²) in [4.78, 5) is 20.0. The fourth-order valence-electron chi connectivity index (χ4n) is 6.56. The van der Waals surface area contributed by atoms with Gasteiger partial charge < -0.3 is 19.5 Å². The molecule has 6 nitrogen and oxygen atoms in total. The van der Waals surface area contributed by atoms with Crippen molar-refractivity contribution in [3.05, 3.63) is 75.9 Å². The van der Waals surface area contributed by atoms with Crippen LogP contribution in [0.5, 0.6) is 5.75 Å². The lowest BCUT2D eigenvalue weighted by Gasteiger charge is -2.41. The van der Waals surface area contributed by atoms with Crippen molar-refractivity contribution in [1.82, 2.24) is 4.98 Å². The number of hydrogen-bond donors (Lipinski definition) is 1. The highest BCUT2D eigenvalue weighted by Crippen LogP contribution is 2.46. The number of fused-ring (bicyclic) bond motifs is 1. The number of hydrogen-bond acceptors (Lipinski definition) is 5. The van der Waals surface area contributed by atoms with Crippen LogP contribution in [0.1, 0.15) is 93.6 Å². The lowest BCUT2D eigenvalue weighted by atomic mass is 9.81. The minimum Gasteiger partial charge on any atom is -0.490 e. The molecule has 7 heteroatoms. The van der Waals surface area contributed by atoms with E-state index < -0.39 is 17.7 Å². The zero-order valence-corrected chi connectivity index (χ0v) is 27.5. The molecule has 0 aliphatic carbocycles. The number of aromatic nitrogens is 1. The molecular formula is C37H47FN2O4. The van der Waals surface area contributed by atoms with Crippen LogP contribution in [0.15, 0.2) is 36.4 Å². The van der Waals surface area contributed by atoms with Crippen molar-refractivity contribution in [2.45, 2.75) is 105 Å². The molecule has 0 bridgehead atoms. The number of aryl methyl sites for hydroxylation is 4. The summed E-state index contributed by atoms with van der Waals surface area (Å²) in [6.45, 7) is 17.7. The van der Waals surface area contributed by atoms with Crippen LogP contribution in [0.4, 0.5) is 10.1 Å². The number of pyridine rings is 1. The van der Waals surface area contributed by atoms with Crippen LogP contribution in [0.3, 0.4) is 0 Å². The van der Waals surface area contributed by atoms with Crippen molar-refractivity contribution in [3.8, 4) is 16.9 Å². The molecule has 0 saturated carbocycles. The maximum atomic E-state index is 14.6. The first-order valence-electron chi connectivity index (χ1n) is 15.8. The first-order valence-corrected chi connectivity index (χ1v) is 15.8. The molecule has 2 aliphatic rings. The van der Waals surface area contributed by atoms with E-state index in [1.807, 2.05) is 59.7 Å². The standard InChI is InChI=1S/C37H47FN2O4/c1-22-9-10-25(29(38)19-22)21-28-13-11-26-20-27(12-14-30(26)43-28)31-23(2)39-24(3)32(34(35(41)42)44-36(4,5)6)33(31)40-17-15-37(7,8)16-18-40/h9-10,12,14,19-20,28,34H,11,13,15-18,21H2,1-8H3,(H,41,42)/t28-,34-/m0/s1. The van der Waals surface area contributed by atoms with E-state index in [-0.39, 0.29) is 17.3 Å². The molecule has 0 unspecified atom stereocenters. The van der Waals surface area contributed by atoms with Crippen molar-refractivity contribution in [2.75, 3.05) is 18.0 Å². The summed E-state index contributed by atoms with van der Waals surface area (Å²) in [6.07, 6.45) is 2.88. The van der Waals surface area contributed by atoms with Gasteiger partial charge in [0, 0.05) is 42.0 Å². The number of carboxylic acid groups (broad SMARTS) is 1. The Bertz CT molecular complexity index is 1550. The van der Waals surface area contributed by atoms with Crippen LogP contribution >= 0.6 is 0 Å². The van der Waals surface area contributed by atoms with E-state index >= 15 is 0 Å². The molecule has 1 aromatic heterocycles. The number of ether oxygens (including phenoxy) is 2. The SMILES string of the molecule is Cc1ccc(C[C@@H]2CCc3cc(-c4c(C)nc(C)c([C@H](OC(C)(C)C)C(=O)O)c4N4CCC(C)(C)CC4)ccc3O2)c(F)c1. The van der Waals surface area contributed by atoms with Gasteiger partial charge in [-0.2, -0.15) is 0 Å². The fourth-order valence-corrected chi connectivity index (χ4v) is 6.56. The van der Waals surface area contributed by atoms with E-state index in [0.717, 1.165) is 78.2 Å². The molecule has 1 N–H and O–H groups in total. The van der Waals surface area contributed by atoms with Crippen LogP contribution in [-0.2, 0) is 22.4 Å². The molecule has 236 valence electrons. The van der Waals surface area contributed by atoms with E-state index in [0.29, 0.717) is 23.2 Å². The predicted molar refractivity (Wildman–Crippen MR) is 173 cm³/mol. The molecule has 0 radical (unpaired) electrons. The average Bonchev–Trinajstić information content (AvgIpc) is 2.92. The largest absolute Gasteiger partial charge is 0.490 e. The second-order valence-electron chi connectivity index (χ2n) is 14.4.